The first-order chi connectivity index (χ1) is 12.2. The summed E-state index contributed by atoms with van der Waals surface area (Å²) in [6.07, 6.45) is 10.4. The number of carbonyl (C=O) groups excluding carboxylic acids is 2. The van der Waals surface area contributed by atoms with Gasteiger partial charge in [-0.25, -0.2) is 4.79 Å². The van der Waals surface area contributed by atoms with E-state index in [4.69, 9.17) is 4.74 Å². The van der Waals surface area contributed by atoms with Crippen molar-refractivity contribution in [2.75, 3.05) is 0 Å². The Bertz CT molecular complexity index is 698. The van der Waals surface area contributed by atoms with Crippen LogP contribution in [0.15, 0.2) is 36.4 Å². The van der Waals surface area contributed by atoms with E-state index < -0.39 is 23.2 Å². The highest BCUT2D eigenvalue weighted by atomic mass is 16.6. The molecule has 4 nitrogen and oxygen atoms in total. The zero-order chi connectivity index (χ0) is 18.9. The summed E-state index contributed by atoms with van der Waals surface area (Å²) in [6, 6.07) is 9.69. The molecule has 2 atom stereocenters. The zero-order valence-electron chi connectivity index (χ0n) is 15.6. The van der Waals surface area contributed by atoms with Crippen LogP contribution in [-0.2, 0) is 14.3 Å². The lowest BCUT2D eigenvalue weighted by Crippen LogP contribution is -2.55. The van der Waals surface area contributed by atoms with Gasteiger partial charge in [0.05, 0.1) is 0 Å². The molecular formula is C22H24NO3. The van der Waals surface area contributed by atoms with E-state index in [1.807, 2.05) is 82.9 Å². The van der Waals surface area contributed by atoms with Crippen molar-refractivity contribution in [3.8, 4) is 0 Å². The fourth-order valence-electron chi connectivity index (χ4n) is 3.04. The van der Waals surface area contributed by atoms with Gasteiger partial charge < -0.3 is 4.74 Å². The van der Waals surface area contributed by atoms with E-state index in [9.17, 15) is 9.59 Å². The third kappa shape index (κ3) is 3.42. The van der Waals surface area contributed by atoms with E-state index in [0.29, 0.717) is 0 Å². The number of esters is 1. The number of ether oxygens (including phenoxy) is 1. The number of rotatable bonds is 3. The molecule has 26 heavy (non-hydrogen) atoms. The van der Waals surface area contributed by atoms with Crippen LogP contribution < -0.4 is 0 Å². The van der Waals surface area contributed by atoms with Crippen molar-refractivity contribution >= 4 is 18.0 Å². The first-order valence-corrected chi connectivity index (χ1v) is 8.74. The van der Waals surface area contributed by atoms with E-state index in [2.05, 4.69) is 0 Å². The van der Waals surface area contributed by atoms with Gasteiger partial charge in [-0.15, -0.1) is 0 Å². The molecule has 5 radical (unpaired) electrons. The largest absolute Gasteiger partial charge is 0.439 e. The highest BCUT2D eigenvalue weighted by Crippen LogP contribution is 2.41. The molecule has 0 aromatic heterocycles. The summed E-state index contributed by atoms with van der Waals surface area (Å²) in [4.78, 5) is 27.6. The Balaban J connectivity index is 1.98. The molecule has 1 aromatic rings. The molecule has 1 heterocycles. The smallest absolute Gasteiger partial charge is 0.337 e. The van der Waals surface area contributed by atoms with Gasteiger partial charge in [-0.05, 0) is 44.2 Å². The molecule has 2 aliphatic rings. The second-order valence-corrected chi connectivity index (χ2v) is 7.79. The Labute approximate surface area is 156 Å². The number of hydrogen-bond acceptors (Lipinski definition) is 3. The van der Waals surface area contributed by atoms with E-state index in [0.717, 1.165) is 11.5 Å². The summed E-state index contributed by atoms with van der Waals surface area (Å²) in [7, 11) is 0. The van der Waals surface area contributed by atoms with Crippen LogP contribution in [0.3, 0.4) is 0 Å². The molecule has 0 N–H and O–H groups in total. The van der Waals surface area contributed by atoms with Crippen molar-refractivity contribution in [1.29, 1.82) is 0 Å². The number of carbonyl (C=O) groups is 2. The summed E-state index contributed by atoms with van der Waals surface area (Å²) in [5.74, 6) is 0.246. The van der Waals surface area contributed by atoms with Gasteiger partial charge in [0.1, 0.15) is 0 Å². The van der Waals surface area contributed by atoms with Gasteiger partial charge in [0.25, 0.3) is 0 Å². The number of nitrogens with zero attached hydrogens (tertiary/aromatic N) is 1. The van der Waals surface area contributed by atoms with Gasteiger partial charge in [-0.3, -0.25) is 9.69 Å². The second kappa shape index (κ2) is 6.90. The van der Waals surface area contributed by atoms with Crippen molar-refractivity contribution in [3.05, 3.63) is 73.6 Å². The van der Waals surface area contributed by atoms with Crippen LogP contribution in [0.5, 0.6) is 0 Å². The third-order valence-electron chi connectivity index (χ3n) is 4.60. The van der Waals surface area contributed by atoms with E-state index in [1.54, 1.807) is 17.9 Å². The van der Waals surface area contributed by atoms with Gasteiger partial charge in [-0.2, -0.15) is 0 Å². The van der Waals surface area contributed by atoms with Gasteiger partial charge >= 0.3 is 5.97 Å². The van der Waals surface area contributed by atoms with Crippen LogP contribution in [0.25, 0.3) is 6.08 Å². The molecule has 135 valence electrons. The van der Waals surface area contributed by atoms with Gasteiger partial charge in [0.2, 0.25) is 5.91 Å². The molecule has 0 unspecified atom stereocenters. The minimum Gasteiger partial charge on any atom is -0.439 e. The lowest BCUT2D eigenvalue weighted by atomic mass is 9.89. The van der Waals surface area contributed by atoms with E-state index in [1.165, 1.54) is 0 Å². The van der Waals surface area contributed by atoms with Crippen molar-refractivity contribution in [2.45, 2.75) is 39.5 Å². The number of cyclic esters (lactones) is 1. The van der Waals surface area contributed by atoms with E-state index >= 15 is 0 Å². The number of benzene rings is 1. The highest BCUT2D eigenvalue weighted by Gasteiger charge is 2.57. The minimum atomic E-state index is -1.16. The monoisotopic (exact) mass is 350 g/mol. The number of amides is 1. The quantitative estimate of drug-likeness (QED) is 0.782. The first kappa shape index (κ1) is 18.7. The zero-order valence-corrected chi connectivity index (χ0v) is 15.6. The molecule has 1 saturated carbocycles. The Morgan fingerprint density at radius 1 is 1.15 bits per heavy atom. The van der Waals surface area contributed by atoms with Gasteiger partial charge in [0, 0.05) is 11.3 Å². The predicted octanol–water partition coefficient (Wildman–Crippen LogP) is 3.62. The first-order valence-electron chi connectivity index (χ1n) is 8.74. The molecule has 0 bridgehead atoms. The molecule has 1 aliphatic heterocycles. The lowest BCUT2D eigenvalue weighted by molar-refractivity contribution is -0.146. The highest BCUT2D eigenvalue weighted by molar-refractivity contribution is 5.95. The summed E-state index contributed by atoms with van der Waals surface area (Å²) in [6.45, 7) is 7.28. The van der Waals surface area contributed by atoms with Crippen molar-refractivity contribution in [2.24, 2.45) is 5.41 Å². The van der Waals surface area contributed by atoms with Crippen LogP contribution in [0.4, 0.5) is 0 Å². The molecule has 1 aromatic carbocycles. The lowest BCUT2D eigenvalue weighted by Gasteiger charge is -2.37. The Hall–Kier alpha value is -2.10. The second-order valence-electron chi connectivity index (χ2n) is 7.79. The molecule has 1 aliphatic carbocycles. The molecule has 1 amide bonds. The summed E-state index contributed by atoms with van der Waals surface area (Å²) in [5.41, 5.74) is -0.843. The average molecular weight is 350 g/mol. The standard InChI is InChI=1S/C22H24NO3/c1-21(2,3)19(24)23-18(17-12-8-9-13-17)26-20(25)22(23,4)15-14-16-10-6-5-7-11-16/h5-15,18H,1-4H3/b15-14+/t18-,22+/m0/s1. The number of hydrogen-bond donors (Lipinski definition) is 0. The minimum absolute atomic E-state index is 0.130. The van der Waals surface area contributed by atoms with E-state index in [-0.39, 0.29) is 5.91 Å². The van der Waals surface area contributed by atoms with Crippen LogP contribution in [0.1, 0.15) is 33.3 Å². The Morgan fingerprint density at radius 2 is 1.77 bits per heavy atom. The Kier molecular flexibility index (Phi) is 4.96. The summed E-state index contributed by atoms with van der Waals surface area (Å²) >= 11 is 0. The SMILES string of the molecule is CC(C)(C)C(=O)N1[C@H]([C]2[CH][CH][CH][CH]2)OC(=O)[C@@]1(C)/C=C/c1ccccc1. The van der Waals surface area contributed by atoms with Crippen LogP contribution in [-0.4, -0.2) is 28.5 Å². The summed E-state index contributed by atoms with van der Waals surface area (Å²) < 4.78 is 5.65. The maximum absolute atomic E-state index is 13.2. The van der Waals surface area contributed by atoms with Crippen molar-refractivity contribution in [3.63, 3.8) is 0 Å². The van der Waals surface area contributed by atoms with Crippen LogP contribution >= 0.6 is 0 Å². The van der Waals surface area contributed by atoms with Crippen molar-refractivity contribution < 1.29 is 14.3 Å². The normalized spacial score (nSPS) is 27.3. The average Bonchev–Trinajstić information content (AvgIpc) is 3.20. The maximum Gasteiger partial charge on any atom is 0.337 e. The van der Waals surface area contributed by atoms with Crippen LogP contribution in [0.2, 0.25) is 0 Å². The van der Waals surface area contributed by atoms with Gasteiger partial charge in [0.15, 0.2) is 11.8 Å². The molecule has 3 rings (SSSR count). The Morgan fingerprint density at radius 3 is 2.35 bits per heavy atom. The predicted molar refractivity (Wildman–Crippen MR) is 101 cm³/mol. The third-order valence-corrected chi connectivity index (χ3v) is 4.60. The molecule has 0 spiro atoms. The fourth-order valence-corrected chi connectivity index (χ4v) is 3.04. The summed E-state index contributed by atoms with van der Waals surface area (Å²) in [5, 5.41) is 0. The molecular weight excluding hydrogens is 326 g/mol. The molecule has 2 fully saturated rings. The molecule has 4 heteroatoms. The fraction of sp³-hybridized carbons (Fsp3) is 0.318. The maximum atomic E-state index is 13.2. The molecule has 1 saturated heterocycles. The topological polar surface area (TPSA) is 46.6 Å². The van der Waals surface area contributed by atoms with Crippen LogP contribution in [0, 0.1) is 37.0 Å². The van der Waals surface area contributed by atoms with Crippen molar-refractivity contribution in [1.82, 2.24) is 4.90 Å². The van der Waals surface area contributed by atoms with Gasteiger partial charge in [-0.1, -0.05) is 57.2 Å².